The Kier molecular flexibility index (Phi) is 1.68. The number of aromatic nitrogens is 2. The van der Waals surface area contributed by atoms with Gasteiger partial charge < -0.3 is 9.42 Å². The van der Waals surface area contributed by atoms with E-state index in [-0.39, 0.29) is 5.41 Å². The lowest BCUT2D eigenvalue weighted by molar-refractivity contribution is 0.201. The van der Waals surface area contributed by atoms with Gasteiger partial charge in [-0.15, -0.1) is 0 Å². The minimum atomic E-state index is 0.194. The van der Waals surface area contributed by atoms with E-state index in [1.165, 1.54) is 32.4 Å². The molecule has 0 spiro atoms. The zero-order valence-corrected chi connectivity index (χ0v) is 8.49. The summed E-state index contributed by atoms with van der Waals surface area (Å²) in [5.41, 5.74) is 0.194. The Morgan fingerprint density at radius 2 is 2.29 bits per heavy atom. The van der Waals surface area contributed by atoms with E-state index in [0.29, 0.717) is 0 Å². The van der Waals surface area contributed by atoms with Gasteiger partial charge in [0.05, 0.1) is 5.41 Å². The van der Waals surface area contributed by atoms with Crippen LogP contribution in [0.1, 0.15) is 31.0 Å². The van der Waals surface area contributed by atoms with Crippen molar-refractivity contribution in [3.05, 3.63) is 11.7 Å². The summed E-state index contributed by atoms with van der Waals surface area (Å²) in [4.78, 5) is 6.90. The molecule has 1 aromatic rings. The predicted molar refractivity (Wildman–Crippen MR) is 51.0 cm³/mol. The summed E-state index contributed by atoms with van der Waals surface area (Å²) in [6.45, 7) is 5.45. The Hall–Kier alpha value is -0.900. The van der Waals surface area contributed by atoms with E-state index >= 15 is 0 Å². The first-order valence-corrected chi connectivity index (χ1v) is 5.32. The van der Waals surface area contributed by atoms with Crippen LogP contribution in [0.25, 0.3) is 0 Å². The molecule has 14 heavy (non-hydrogen) atoms. The third kappa shape index (κ3) is 1.10. The van der Waals surface area contributed by atoms with Crippen molar-refractivity contribution in [2.75, 3.05) is 19.6 Å². The summed E-state index contributed by atoms with van der Waals surface area (Å²) in [6.07, 6.45) is 3.67. The highest BCUT2D eigenvalue weighted by molar-refractivity contribution is 5.12. The molecule has 2 atom stereocenters. The fourth-order valence-corrected chi connectivity index (χ4v) is 2.79. The first-order valence-electron chi connectivity index (χ1n) is 5.32. The van der Waals surface area contributed by atoms with E-state index in [1.807, 2.05) is 6.92 Å². The van der Waals surface area contributed by atoms with Crippen LogP contribution in [0.15, 0.2) is 4.52 Å². The lowest BCUT2D eigenvalue weighted by Crippen LogP contribution is -2.37. The molecule has 0 aliphatic carbocycles. The summed E-state index contributed by atoms with van der Waals surface area (Å²) in [6, 6.07) is 0. The number of nitrogens with zero attached hydrogens (tertiary/aromatic N) is 3. The number of hydrogen-bond acceptors (Lipinski definition) is 4. The van der Waals surface area contributed by atoms with Gasteiger partial charge in [-0.2, -0.15) is 4.98 Å². The largest absolute Gasteiger partial charge is 0.339 e. The van der Waals surface area contributed by atoms with Crippen molar-refractivity contribution < 1.29 is 4.52 Å². The lowest BCUT2D eigenvalue weighted by atomic mass is 9.81. The normalized spacial score (nSPS) is 36.2. The van der Waals surface area contributed by atoms with Crippen molar-refractivity contribution >= 4 is 0 Å². The minimum absolute atomic E-state index is 0.194. The molecule has 0 aromatic carbocycles. The molecule has 1 aromatic heterocycles. The van der Waals surface area contributed by atoms with Crippen molar-refractivity contribution in [1.82, 2.24) is 15.0 Å². The van der Waals surface area contributed by atoms with Crippen LogP contribution in [0, 0.1) is 6.92 Å². The molecule has 4 heteroatoms. The van der Waals surface area contributed by atoms with Crippen LogP contribution < -0.4 is 0 Å². The van der Waals surface area contributed by atoms with Gasteiger partial charge in [0.15, 0.2) is 5.82 Å². The maximum absolute atomic E-state index is 5.34. The van der Waals surface area contributed by atoms with Crippen LogP contribution in [-0.4, -0.2) is 34.7 Å². The number of fused-ring (bicyclic) bond motifs is 2. The molecule has 2 fully saturated rings. The average molecular weight is 193 g/mol. The Morgan fingerprint density at radius 1 is 1.36 bits per heavy atom. The zero-order valence-electron chi connectivity index (χ0n) is 8.49. The lowest BCUT2D eigenvalue weighted by Gasteiger charge is -2.30. The maximum Gasteiger partial charge on any atom is 0.234 e. The molecule has 2 aliphatic rings. The van der Waals surface area contributed by atoms with Crippen LogP contribution in [-0.2, 0) is 5.41 Å². The molecule has 0 N–H and O–H groups in total. The third-order valence-electron chi connectivity index (χ3n) is 3.54. The molecule has 3 rings (SSSR count). The SMILES string of the molecule is Cc1noc(C23CCCN(CC2)C3)n1. The van der Waals surface area contributed by atoms with Crippen LogP contribution in [0.5, 0.6) is 0 Å². The molecule has 2 unspecified atom stereocenters. The smallest absolute Gasteiger partial charge is 0.234 e. The molecule has 76 valence electrons. The molecule has 0 amide bonds. The minimum Gasteiger partial charge on any atom is -0.339 e. The van der Waals surface area contributed by atoms with Crippen LogP contribution >= 0.6 is 0 Å². The summed E-state index contributed by atoms with van der Waals surface area (Å²) in [5.74, 6) is 1.63. The van der Waals surface area contributed by atoms with Gasteiger partial charge in [-0.1, -0.05) is 5.16 Å². The number of aryl methyl sites for hydroxylation is 1. The van der Waals surface area contributed by atoms with E-state index in [2.05, 4.69) is 15.0 Å². The Balaban J connectivity index is 1.96. The highest BCUT2D eigenvalue weighted by Gasteiger charge is 2.46. The summed E-state index contributed by atoms with van der Waals surface area (Å²) in [5, 5.41) is 3.90. The van der Waals surface area contributed by atoms with E-state index in [9.17, 15) is 0 Å². The second kappa shape index (κ2) is 2.79. The van der Waals surface area contributed by atoms with Gasteiger partial charge in [0.25, 0.3) is 0 Å². The Morgan fingerprint density at radius 3 is 3.07 bits per heavy atom. The molecule has 2 aliphatic heterocycles. The second-order valence-corrected chi connectivity index (χ2v) is 4.56. The number of hydrogen-bond donors (Lipinski definition) is 0. The molecule has 4 nitrogen and oxygen atoms in total. The second-order valence-electron chi connectivity index (χ2n) is 4.56. The monoisotopic (exact) mass is 193 g/mol. The number of piperidine rings is 1. The molecule has 2 bridgehead atoms. The average Bonchev–Trinajstić information content (AvgIpc) is 2.73. The maximum atomic E-state index is 5.34. The van der Waals surface area contributed by atoms with Gasteiger partial charge in [-0.3, -0.25) is 0 Å². The molecular formula is C10H15N3O. The quantitative estimate of drug-likeness (QED) is 0.670. The van der Waals surface area contributed by atoms with Gasteiger partial charge in [0.1, 0.15) is 0 Å². The highest BCUT2D eigenvalue weighted by atomic mass is 16.5. The van der Waals surface area contributed by atoms with Crippen molar-refractivity contribution in [2.24, 2.45) is 0 Å². The molecule has 2 saturated heterocycles. The summed E-state index contributed by atoms with van der Waals surface area (Å²) >= 11 is 0. The standard InChI is InChI=1S/C10H15N3O/c1-8-11-9(14-12-8)10-3-2-5-13(7-10)6-4-10/h2-7H2,1H3. The van der Waals surface area contributed by atoms with Crippen molar-refractivity contribution in [2.45, 2.75) is 31.6 Å². The molecule has 3 heterocycles. The van der Waals surface area contributed by atoms with Crippen molar-refractivity contribution in [3.63, 3.8) is 0 Å². The Bertz CT molecular complexity index is 345. The van der Waals surface area contributed by atoms with Crippen molar-refractivity contribution in [3.8, 4) is 0 Å². The van der Waals surface area contributed by atoms with Crippen LogP contribution in [0.3, 0.4) is 0 Å². The van der Waals surface area contributed by atoms with Gasteiger partial charge in [-0.25, -0.2) is 0 Å². The first-order chi connectivity index (χ1) is 6.78. The predicted octanol–water partition coefficient (Wildman–Crippen LogP) is 1.12. The summed E-state index contributed by atoms with van der Waals surface area (Å²) < 4.78 is 5.34. The molecule has 0 radical (unpaired) electrons. The topological polar surface area (TPSA) is 42.2 Å². The van der Waals surface area contributed by atoms with E-state index < -0.39 is 0 Å². The van der Waals surface area contributed by atoms with E-state index in [1.54, 1.807) is 0 Å². The molecule has 0 saturated carbocycles. The van der Waals surface area contributed by atoms with E-state index in [0.717, 1.165) is 18.3 Å². The Labute approximate surface area is 83.3 Å². The van der Waals surface area contributed by atoms with Crippen molar-refractivity contribution in [1.29, 1.82) is 0 Å². The third-order valence-corrected chi connectivity index (χ3v) is 3.54. The first kappa shape index (κ1) is 8.41. The van der Waals surface area contributed by atoms with Gasteiger partial charge in [0, 0.05) is 6.54 Å². The number of rotatable bonds is 1. The van der Waals surface area contributed by atoms with Gasteiger partial charge >= 0.3 is 0 Å². The van der Waals surface area contributed by atoms with Gasteiger partial charge in [0.2, 0.25) is 5.89 Å². The van der Waals surface area contributed by atoms with E-state index in [4.69, 9.17) is 4.52 Å². The van der Waals surface area contributed by atoms with Gasteiger partial charge in [-0.05, 0) is 39.3 Å². The van der Waals surface area contributed by atoms with Crippen LogP contribution in [0.2, 0.25) is 0 Å². The molecular weight excluding hydrogens is 178 g/mol. The fraction of sp³-hybridized carbons (Fsp3) is 0.800. The fourth-order valence-electron chi connectivity index (χ4n) is 2.79. The van der Waals surface area contributed by atoms with Crippen LogP contribution in [0.4, 0.5) is 0 Å². The summed E-state index contributed by atoms with van der Waals surface area (Å²) in [7, 11) is 0. The highest BCUT2D eigenvalue weighted by Crippen LogP contribution is 2.40. The zero-order chi connectivity index (χ0) is 9.60.